The van der Waals surface area contributed by atoms with E-state index in [1.54, 1.807) is 12.4 Å². The molecule has 2 aromatic carbocycles. The Morgan fingerprint density at radius 3 is 1.24 bits per heavy atom. The summed E-state index contributed by atoms with van der Waals surface area (Å²) in [4.78, 5) is 62.6. The van der Waals surface area contributed by atoms with Crippen LogP contribution in [-0.4, -0.2) is 69.0 Å². The number of pyridine rings is 2. The Morgan fingerprint density at radius 2 is 0.907 bits per heavy atom. The third-order valence-electron chi connectivity index (χ3n) is 9.28. The highest BCUT2D eigenvalue weighted by Gasteiger charge is 2.35. The summed E-state index contributed by atoms with van der Waals surface area (Å²) in [5.74, 6) is -1.98. The Labute approximate surface area is 318 Å². The second-order valence-electron chi connectivity index (χ2n) is 14.3. The number of nitrogens with zero attached hydrogens (tertiary/aromatic N) is 2. The lowest BCUT2D eigenvalue weighted by atomic mass is 9.91. The van der Waals surface area contributed by atoms with Crippen molar-refractivity contribution < 1.29 is 24.3 Å². The van der Waals surface area contributed by atoms with Gasteiger partial charge < -0.3 is 26.4 Å². The van der Waals surface area contributed by atoms with E-state index in [-0.39, 0.29) is 49.3 Å². The van der Waals surface area contributed by atoms with E-state index >= 15 is 0 Å². The maximum absolute atomic E-state index is 14.0. The molecule has 286 valence electrons. The fraction of sp³-hybridized carbons (Fsp3) is 0.395. The molecular formula is C43H54N6O5. The van der Waals surface area contributed by atoms with Crippen molar-refractivity contribution in [2.24, 2.45) is 11.8 Å². The first-order valence-electron chi connectivity index (χ1n) is 18.7. The van der Waals surface area contributed by atoms with Crippen LogP contribution < -0.4 is 21.3 Å². The average molecular weight is 735 g/mol. The molecule has 0 bridgehead atoms. The SMILES string of the molecule is CC(C)[C@H](NC(=O)CCc1ccccn1)C(=O)NC(Cc1ccccc1)C(O)C(Cc1ccccc1)NC(=O)[C@@H](NC(=O)CCc1ccccn1)C(C)C. The zero-order valence-corrected chi connectivity index (χ0v) is 31.7. The number of aromatic nitrogens is 2. The van der Waals surface area contributed by atoms with Crippen LogP contribution in [0.15, 0.2) is 109 Å². The lowest BCUT2D eigenvalue weighted by Gasteiger charge is -2.34. The van der Waals surface area contributed by atoms with Crippen molar-refractivity contribution in [2.45, 2.75) is 96.5 Å². The van der Waals surface area contributed by atoms with Gasteiger partial charge in [-0.1, -0.05) is 100 Å². The van der Waals surface area contributed by atoms with Gasteiger partial charge in [-0.05, 0) is 72.9 Å². The van der Waals surface area contributed by atoms with Crippen LogP contribution in [0.2, 0.25) is 0 Å². The molecule has 2 aromatic heterocycles. The van der Waals surface area contributed by atoms with E-state index in [0.717, 1.165) is 22.5 Å². The number of aryl methyl sites for hydroxylation is 2. The molecule has 11 nitrogen and oxygen atoms in total. The van der Waals surface area contributed by atoms with Crippen LogP contribution in [0.3, 0.4) is 0 Å². The molecule has 0 radical (unpaired) electrons. The third kappa shape index (κ3) is 13.5. The number of amides is 4. The van der Waals surface area contributed by atoms with Gasteiger partial charge in [-0.2, -0.15) is 0 Å². The van der Waals surface area contributed by atoms with Gasteiger partial charge in [0.2, 0.25) is 23.6 Å². The number of rotatable bonds is 20. The number of nitrogens with one attached hydrogen (secondary N) is 4. The van der Waals surface area contributed by atoms with Crippen LogP contribution in [0.4, 0.5) is 0 Å². The summed E-state index contributed by atoms with van der Waals surface area (Å²) in [6.45, 7) is 7.39. The fourth-order valence-electron chi connectivity index (χ4n) is 6.21. The van der Waals surface area contributed by atoms with E-state index in [0.29, 0.717) is 12.8 Å². The molecule has 0 aliphatic rings. The summed E-state index contributed by atoms with van der Waals surface area (Å²) in [5.41, 5.74) is 3.29. The van der Waals surface area contributed by atoms with Crippen molar-refractivity contribution >= 4 is 23.6 Å². The van der Waals surface area contributed by atoms with Crippen molar-refractivity contribution in [2.75, 3.05) is 0 Å². The number of carbonyl (C=O) groups excluding carboxylic acids is 4. The molecule has 2 heterocycles. The smallest absolute Gasteiger partial charge is 0.243 e. The predicted octanol–water partition coefficient (Wildman–Crippen LogP) is 4.14. The van der Waals surface area contributed by atoms with Gasteiger partial charge in [-0.3, -0.25) is 29.1 Å². The number of aliphatic hydroxyl groups excluding tert-OH is 1. The lowest BCUT2D eigenvalue weighted by Crippen LogP contribution is -2.61. The minimum Gasteiger partial charge on any atom is -0.389 e. The van der Waals surface area contributed by atoms with E-state index in [9.17, 15) is 24.3 Å². The molecule has 0 aliphatic heterocycles. The Morgan fingerprint density at radius 1 is 0.537 bits per heavy atom. The average Bonchev–Trinajstić information content (AvgIpc) is 3.17. The second kappa shape index (κ2) is 21.3. The summed E-state index contributed by atoms with van der Waals surface area (Å²) in [5, 5.41) is 24.0. The first-order chi connectivity index (χ1) is 26.0. The van der Waals surface area contributed by atoms with Gasteiger partial charge in [-0.15, -0.1) is 0 Å². The van der Waals surface area contributed by atoms with Crippen molar-refractivity contribution in [1.29, 1.82) is 0 Å². The van der Waals surface area contributed by atoms with E-state index in [4.69, 9.17) is 0 Å². The maximum atomic E-state index is 14.0. The fourth-order valence-corrected chi connectivity index (χ4v) is 6.21. The molecule has 54 heavy (non-hydrogen) atoms. The van der Waals surface area contributed by atoms with Crippen LogP contribution >= 0.6 is 0 Å². The molecule has 11 heteroatoms. The first-order valence-corrected chi connectivity index (χ1v) is 18.7. The summed E-state index contributed by atoms with van der Waals surface area (Å²) < 4.78 is 0. The Kier molecular flexibility index (Phi) is 16.3. The normalized spacial score (nSPS) is 14.0. The first kappa shape index (κ1) is 41.3. The minimum atomic E-state index is -1.27. The quantitative estimate of drug-likeness (QED) is 0.0912. The lowest BCUT2D eigenvalue weighted by molar-refractivity contribution is -0.132. The molecule has 0 saturated heterocycles. The summed E-state index contributed by atoms with van der Waals surface area (Å²) in [6.07, 6.45) is 3.77. The largest absolute Gasteiger partial charge is 0.389 e. The predicted molar refractivity (Wildman–Crippen MR) is 209 cm³/mol. The van der Waals surface area contributed by atoms with Crippen LogP contribution in [0.5, 0.6) is 0 Å². The Hall–Kier alpha value is -5.42. The highest BCUT2D eigenvalue weighted by Crippen LogP contribution is 2.16. The molecule has 0 fully saturated rings. The van der Waals surface area contributed by atoms with Crippen molar-refractivity contribution in [3.8, 4) is 0 Å². The number of benzene rings is 2. The third-order valence-corrected chi connectivity index (χ3v) is 9.28. The van der Waals surface area contributed by atoms with Gasteiger partial charge in [0, 0.05) is 36.6 Å². The monoisotopic (exact) mass is 734 g/mol. The van der Waals surface area contributed by atoms with E-state index in [2.05, 4.69) is 31.2 Å². The molecule has 4 rings (SSSR count). The molecule has 4 atom stereocenters. The highest BCUT2D eigenvalue weighted by molar-refractivity contribution is 5.89. The number of hydrogen-bond acceptors (Lipinski definition) is 7. The summed E-state index contributed by atoms with van der Waals surface area (Å²) in [6, 6.07) is 26.5. The molecule has 2 unspecified atom stereocenters. The minimum absolute atomic E-state index is 0.158. The van der Waals surface area contributed by atoms with Crippen molar-refractivity contribution in [3.63, 3.8) is 0 Å². The standard InChI is InChI=1S/C43H54N6O5/c1-29(2)39(48-37(50)23-21-33-19-11-13-25-44-33)42(53)46-35(27-31-15-7-5-8-16-31)41(52)36(28-32-17-9-6-10-18-32)47-43(54)40(30(3)4)49-38(51)24-22-34-20-12-14-26-45-34/h5-20,25-26,29-30,35-36,39-41,52H,21-24,27-28H2,1-4H3,(H,46,53)(H,47,54)(H,48,50)(H,49,51)/t35?,36?,39-,40-,41?/m0/s1. The number of hydrogen-bond donors (Lipinski definition) is 5. The molecule has 0 saturated carbocycles. The summed E-state index contributed by atoms with van der Waals surface area (Å²) >= 11 is 0. The van der Waals surface area contributed by atoms with Gasteiger partial charge in [0.25, 0.3) is 0 Å². The Bertz CT molecular complexity index is 1610. The van der Waals surface area contributed by atoms with Crippen molar-refractivity contribution in [3.05, 3.63) is 132 Å². The summed E-state index contributed by atoms with van der Waals surface area (Å²) in [7, 11) is 0. The maximum Gasteiger partial charge on any atom is 0.243 e. The van der Waals surface area contributed by atoms with Gasteiger partial charge in [0.05, 0.1) is 18.2 Å². The van der Waals surface area contributed by atoms with Gasteiger partial charge in [-0.25, -0.2) is 0 Å². The Balaban J connectivity index is 1.54. The zero-order valence-electron chi connectivity index (χ0n) is 31.7. The van der Waals surface area contributed by atoms with Crippen LogP contribution in [0.25, 0.3) is 0 Å². The van der Waals surface area contributed by atoms with E-state index < -0.39 is 42.1 Å². The van der Waals surface area contributed by atoms with Crippen LogP contribution in [0.1, 0.15) is 63.1 Å². The van der Waals surface area contributed by atoms with Crippen LogP contribution in [-0.2, 0) is 44.9 Å². The van der Waals surface area contributed by atoms with Gasteiger partial charge in [0.1, 0.15) is 12.1 Å². The number of carbonyl (C=O) groups is 4. The molecule has 4 aromatic rings. The van der Waals surface area contributed by atoms with E-state index in [1.807, 2.05) is 125 Å². The molecule has 0 aliphatic carbocycles. The zero-order chi connectivity index (χ0) is 38.9. The van der Waals surface area contributed by atoms with Crippen molar-refractivity contribution in [1.82, 2.24) is 31.2 Å². The van der Waals surface area contributed by atoms with Gasteiger partial charge >= 0.3 is 0 Å². The molecule has 5 N–H and O–H groups in total. The van der Waals surface area contributed by atoms with Crippen LogP contribution in [0, 0.1) is 11.8 Å². The van der Waals surface area contributed by atoms with E-state index in [1.165, 1.54) is 0 Å². The highest BCUT2D eigenvalue weighted by atomic mass is 16.3. The second-order valence-corrected chi connectivity index (χ2v) is 14.3. The molecular weight excluding hydrogens is 681 g/mol. The molecule has 4 amide bonds. The van der Waals surface area contributed by atoms with Gasteiger partial charge in [0.15, 0.2) is 0 Å². The molecule has 0 spiro atoms. The topological polar surface area (TPSA) is 162 Å². The number of aliphatic hydroxyl groups is 1.